The Hall–Kier alpha value is -0.0800. The van der Waals surface area contributed by atoms with Crippen LogP contribution in [0.4, 0.5) is 0 Å². The molecule has 3 N–H and O–H groups in total. The van der Waals surface area contributed by atoms with Crippen molar-refractivity contribution in [3.05, 3.63) is 0 Å². The molecule has 2 atom stereocenters. The number of rotatable bonds is 8. The highest BCUT2D eigenvalue weighted by atomic mass is 15.0. The predicted molar refractivity (Wildman–Crippen MR) is 64.5 cm³/mol. The zero-order chi connectivity index (χ0) is 11.0. The average Bonchev–Trinajstić information content (AvgIpc) is 2.24. The van der Waals surface area contributed by atoms with E-state index < -0.39 is 0 Å². The Morgan fingerprint density at radius 2 is 1.93 bits per heavy atom. The van der Waals surface area contributed by atoms with Crippen LogP contribution in [0.25, 0.3) is 0 Å². The van der Waals surface area contributed by atoms with Crippen LogP contribution < -0.4 is 11.1 Å². The average molecular weight is 200 g/mol. The van der Waals surface area contributed by atoms with Gasteiger partial charge in [-0.25, -0.2) is 0 Å². The van der Waals surface area contributed by atoms with Gasteiger partial charge in [0, 0.05) is 18.1 Å². The Balaban J connectivity index is 4.20. The molecule has 2 heteroatoms. The molecule has 0 saturated carbocycles. The normalized spacial score (nSPS) is 17.8. The SMILES string of the molecule is CCCCC(CC)(CN)NC(C)CC. The Morgan fingerprint density at radius 1 is 1.29 bits per heavy atom. The minimum atomic E-state index is 0.186. The van der Waals surface area contributed by atoms with Gasteiger partial charge in [0.15, 0.2) is 0 Å². The molecule has 2 unspecified atom stereocenters. The maximum atomic E-state index is 5.90. The summed E-state index contributed by atoms with van der Waals surface area (Å²) in [5, 5.41) is 3.69. The third-order valence-corrected chi connectivity index (χ3v) is 3.24. The van der Waals surface area contributed by atoms with Crippen LogP contribution in [0.15, 0.2) is 0 Å². The van der Waals surface area contributed by atoms with Crippen molar-refractivity contribution in [2.45, 2.75) is 71.4 Å². The first-order valence-corrected chi connectivity index (χ1v) is 6.11. The topological polar surface area (TPSA) is 38.0 Å². The lowest BCUT2D eigenvalue weighted by Crippen LogP contribution is -2.54. The molecule has 0 aliphatic rings. The molecule has 0 fully saturated rings. The Kier molecular flexibility index (Phi) is 7.20. The Labute approximate surface area is 89.6 Å². The van der Waals surface area contributed by atoms with Crippen LogP contribution in [0, 0.1) is 0 Å². The van der Waals surface area contributed by atoms with Crippen molar-refractivity contribution in [1.29, 1.82) is 0 Å². The molecular formula is C12H28N2. The summed E-state index contributed by atoms with van der Waals surface area (Å²) in [5.41, 5.74) is 6.09. The molecule has 86 valence electrons. The summed E-state index contributed by atoms with van der Waals surface area (Å²) in [4.78, 5) is 0. The highest BCUT2D eigenvalue weighted by molar-refractivity contribution is 4.89. The first-order valence-electron chi connectivity index (χ1n) is 6.11. The fraction of sp³-hybridized carbons (Fsp3) is 1.00. The van der Waals surface area contributed by atoms with E-state index in [-0.39, 0.29) is 5.54 Å². The highest BCUT2D eigenvalue weighted by Crippen LogP contribution is 2.18. The minimum Gasteiger partial charge on any atom is -0.329 e. The predicted octanol–water partition coefficient (Wildman–Crippen LogP) is 2.67. The van der Waals surface area contributed by atoms with Crippen LogP contribution in [0.5, 0.6) is 0 Å². The lowest BCUT2D eigenvalue weighted by molar-refractivity contribution is 0.260. The van der Waals surface area contributed by atoms with Crippen LogP contribution in [0.2, 0.25) is 0 Å². The molecule has 0 heterocycles. The summed E-state index contributed by atoms with van der Waals surface area (Å²) in [6, 6.07) is 0.579. The maximum Gasteiger partial charge on any atom is 0.0303 e. The summed E-state index contributed by atoms with van der Waals surface area (Å²) < 4.78 is 0. The largest absolute Gasteiger partial charge is 0.329 e. The van der Waals surface area contributed by atoms with Gasteiger partial charge in [0.25, 0.3) is 0 Å². The van der Waals surface area contributed by atoms with Gasteiger partial charge in [-0.1, -0.05) is 33.6 Å². The molecule has 0 aromatic carbocycles. The quantitative estimate of drug-likeness (QED) is 0.632. The summed E-state index contributed by atoms with van der Waals surface area (Å²) >= 11 is 0. The smallest absolute Gasteiger partial charge is 0.0303 e. The van der Waals surface area contributed by atoms with Crippen LogP contribution >= 0.6 is 0 Å². The van der Waals surface area contributed by atoms with E-state index in [2.05, 4.69) is 33.0 Å². The van der Waals surface area contributed by atoms with Crippen molar-refractivity contribution in [3.8, 4) is 0 Å². The molecule has 0 aromatic heterocycles. The van der Waals surface area contributed by atoms with Crippen LogP contribution in [-0.4, -0.2) is 18.1 Å². The van der Waals surface area contributed by atoms with E-state index in [0.717, 1.165) is 13.0 Å². The molecule has 0 spiro atoms. The first kappa shape index (κ1) is 13.9. The van der Waals surface area contributed by atoms with Gasteiger partial charge in [0.1, 0.15) is 0 Å². The molecule has 0 aliphatic carbocycles. The van der Waals surface area contributed by atoms with Gasteiger partial charge in [-0.15, -0.1) is 0 Å². The molecule has 0 rings (SSSR count). The Bertz CT molecular complexity index is 130. The highest BCUT2D eigenvalue weighted by Gasteiger charge is 2.26. The minimum absolute atomic E-state index is 0.186. The fourth-order valence-electron chi connectivity index (χ4n) is 1.80. The summed E-state index contributed by atoms with van der Waals surface area (Å²) in [6.07, 6.45) is 6.04. The van der Waals surface area contributed by atoms with Gasteiger partial charge in [0.05, 0.1) is 0 Å². The third kappa shape index (κ3) is 4.43. The fourth-order valence-corrected chi connectivity index (χ4v) is 1.80. The van der Waals surface area contributed by atoms with E-state index in [1.807, 2.05) is 0 Å². The van der Waals surface area contributed by atoms with Gasteiger partial charge in [0.2, 0.25) is 0 Å². The zero-order valence-electron chi connectivity index (χ0n) is 10.4. The van der Waals surface area contributed by atoms with Crippen molar-refractivity contribution in [3.63, 3.8) is 0 Å². The van der Waals surface area contributed by atoms with Crippen molar-refractivity contribution >= 4 is 0 Å². The molecule has 0 saturated heterocycles. The van der Waals surface area contributed by atoms with Crippen molar-refractivity contribution in [2.75, 3.05) is 6.54 Å². The van der Waals surface area contributed by atoms with E-state index in [1.54, 1.807) is 0 Å². The molecular weight excluding hydrogens is 172 g/mol. The van der Waals surface area contributed by atoms with Crippen molar-refractivity contribution in [1.82, 2.24) is 5.32 Å². The van der Waals surface area contributed by atoms with E-state index in [4.69, 9.17) is 5.73 Å². The van der Waals surface area contributed by atoms with Crippen LogP contribution in [0.1, 0.15) is 59.8 Å². The third-order valence-electron chi connectivity index (χ3n) is 3.24. The number of hydrogen-bond acceptors (Lipinski definition) is 2. The Morgan fingerprint density at radius 3 is 2.29 bits per heavy atom. The zero-order valence-corrected chi connectivity index (χ0v) is 10.4. The summed E-state index contributed by atoms with van der Waals surface area (Å²) in [7, 11) is 0. The van der Waals surface area contributed by atoms with E-state index in [1.165, 1.54) is 25.7 Å². The van der Waals surface area contributed by atoms with Gasteiger partial charge in [-0.3, -0.25) is 0 Å². The second-order valence-electron chi connectivity index (χ2n) is 4.40. The molecule has 2 nitrogen and oxygen atoms in total. The van der Waals surface area contributed by atoms with Crippen molar-refractivity contribution < 1.29 is 0 Å². The second kappa shape index (κ2) is 7.24. The van der Waals surface area contributed by atoms with Crippen LogP contribution in [-0.2, 0) is 0 Å². The van der Waals surface area contributed by atoms with Gasteiger partial charge in [-0.05, 0) is 26.2 Å². The second-order valence-corrected chi connectivity index (χ2v) is 4.40. The number of unbranched alkanes of at least 4 members (excludes halogenated alkanes) is 1. The van der Waals surface area contributed by atoms with Gasteiger partial charge >= 0.3 is 0 Å². The molecule has 0 aromatic rings. The summed E-state index contributed by atoms with van der Waals surface area (Å²) in [5.74, 6) is 0. The molecule has 14 heavy (non-hydrogen) atoms. The molecule has 0 aliphatic heterocycles. The summed E-state index contributed by atoms with van der Waals surface area (Å²) in [6.45, 7) is 9.69. The van der Waals surface area contributed by atoms with E-state index >= 15 is 0 Å². The lowest BCUT2D eigenvalue weighted by Gasteiger charge is -2.35. The first-order chi connectivity index (χ1) is 6.64. The number of nitrogens with two attached hydrogens (primary N) is 1. The van der Waals surface area contributed by atoms with Crippen molar-refractivity contribution in [2.24, 2.45) is 5.73 Å². The maximum absolute atomic E-state index is 5.90. The molecule has 0 radical (unpaired) electrons. The van der Waals surface area contributed by atoms with E-state index in [9.17, 15) is 0 Å². The molecule has 0 amide bonds. The van der Waals surface area contributed by atoms with E-state index in [0.29, 0.717) is 6.04 Å². The number of hydrogen-bond donors (Lipinski definition) is 2. The van der Waals surface area contributed by atoms with Gasteiger partial charge < -0.3 is 11.1 Å². The van der Waals surface area contributed by atoms with Gasteiger partial charge in [-0.2, -0.15) is 0 Å². The lowest BCUT2D eigenvalue weighted by atomic mass is 9.88. The standard InChI is InChI=1S/C12H28N2/c1-5-8-9-12(7-3,10-13)14-11(4)6-2/h11,14H,5-10,13H2,1-4H3. The van der Waals surface area contributed by atoms with Crippen LogP contribution in [0.3, 0.4) is 0 Å². The monoisotopic (exact) mass is 200 g/mol. The number of nitrogens with one attached hydrogen (secondary N) is 1. The molecule has 0 bridgehead atoms.